The summed E-state index contributed by atoms with van der Waals surface area (Å²) in [7, 11) is 0. The van der Waals surface area contributed by atoms with Crippen LogP contribution in [0.15, 0.2) is 78.9 Å². The predicted octanol–water partition coefficient (Wildman–Crippen LogP) is 5.08. The van der Waals surface area contributed by atoms with E-state index in [1.165, 1.54) is 12.1 Å². The molecule has 0 aromatic heterocycles. The first-order valence-corrected chi connectivity index (χ1v) is 8.43. The molecular formula is C22H18N2O3. The van der Waals surface area contributed by atoms with Gasteiger partial charge in [-0.05, 0) is 35.8 Å². The molecule has 0 aliphatic rings. The van der Waals surface area contributed by atoms with Gasteiger partial charge in [0.05, 0.1) is 4.92 Å². The Balaban J connectivity index is 1.95. The van der Waals surface area contributed by atoms with Crippen LogP contribution >= 0.6 is 0 Å². The molecule has 1 N–H and O–H groups in total. The minimum Gasteiger partial charge on any atom is -0.322 e. The standard InChI is InChI=1S/C22H18N2O3/c1-16-14-19(24(26)27)12-13-21(16)23-22(25)20(18-10-6-3-7-11-18)15-17-8-4-2-5-9-17/h2-15H,1H3,(H,23,25). The number of nitro groups is 1. The van der Waals surface area contributed by atoms with Gasteiger partial charge >= 0.3 is 0 Å². The van der Waals surface area contributed by atoms with Crippen LogP contribution in [0.1, 0.15) is 16.7 Å². The van der Waals surface area contributed by atoms with Gasteiger partial charge in [-0.25, -0.2) is 0 Å². The number of amides is 1. The molecule has 1 amide bonds. The first kappa shape index (κ1) is 18.1. The van der Waals surface area contributed by atoms with E-state index < -0.39 is 4.92 Å². The van der Waals surface area contributed by atoms with Crippen LogP contribution in [0.2, 0.25) is 0 Å². The summed E-state index contributed by atoms with van der Waals surface area (Å²) in [6, 6.07) is 23.3. The summed E-state index contributed by atoms with van der Waals surface area (Å²) >= 11 is 0. The molecule has 0 heterocycles. The summed E-state index contributed by atoms with van der Waals surface area (Å²) in [5, 5.41) is 13.8. The van der Waals surface area contributed by atoms with Crippen LogP contribution in [0.5, 0.6) is 0 Å². The van der Waals surface area contributed by atoms with Crippen molar-refractivity contribution in [2.45, 2.75) is 6.92 Å². The number of aryl methyl sites for hydroxylation is 1. The van der Waals surface area contributed by atoms with Crippen LogP contribution in [0, 0.1) is 17.0 Å². The Morgan fingerprint density at radius 3 is 2.19 bits per heavy atom. The van der Waals surface area contributed by atoms with Crippen molar-refractivity contribution in [3.05, 3.63) is 106 Å². The number of hydrogen-bond acceptors (Lipinski definition) is 3. The second kappa shape index (κ2) is 8.10. The second-order valence-corrected chi connectivity index (χ2v) is 6.05. The number of non-ortho nitro benzene ring substituents is 1. The molecular weight excluding hydrogens is 340 g/mol. The van der Waals surface area contributed by atoms with Gasteiger partial charge in [-0.1, -0.05) is 60.7 Å². The first-order valence-electron chi connectivity index (χ1n) is 8.43. The van der Waals surface area contributed by atoms with Gasteiger partial charge in [-0.15, -0.1) is 0 Å². The Bertz CT molecular complexity index is 997. The summed E-state index contributed by atoms with van der Waals surface area (Å²) < 4.78 is 0. The molecule has 0 unspecified atom stereocenters. The molecule has 0 radical (unpaired) electrons. The molecule has 0 aliphatic carbocycles. The normalized spacial score (nSPS) is 11.1. The molecule has 5 heteroatoms. The van der Waals surface area contributed by atoms with E-state index in [0.717, 1.165) is 11.1 Å². The van der Waals surface area contributed by atoms with Crippen LogP contribution in [-0.2, 0) is 4.79 Å². The molecule has 5 nitrogen and oxygen atoms in total. The number of carbonyl (C=O) groups is 1. The fourth-order valence-electron chi connectivity index (χ4n) is 2.70. The third-order valence-electron chi connectivity index (χ3n) is 4.11. The van der Waals surface area contributed by atoms with Gasteiger partial charge in [0, 0.05) is 23.4 Å². The number of anilines is 1. The van der Waals surface area contributed by atoms with E-state index in [9.17, 15) is 14.9 Å². The molecule has 3 aromatic rings. The SMILES string of the molecule is Cc1cc([N+](=O)[O-])ccc1NC(=O)C(=Cc1ccccc1)c1ccccc1. The fraction of sp³-hybridized carbons (Fsp3) is 0.0455. The Labute approximate surface area is 157 Å². The van der Waals surface area contributed by atoms with E-state index in [1.54, 1.807) is 13.0 Å². The van der Waals surface area contributed by atoms with Gasteiger partial charge in [0.25, 0.3) is 11.6 Å². The summed E-state index contributed by atoms with van der Waals surface area (Å²) in [6.07, 6.45) is 1.82. The van der Waals surface area contributed by atoms with E-state index in [4.69, 9.17) is 0 Å². The number of nitro benzene ring substituents is 1. The third-order valence-corrected chi connectivity index (χ3v) is 4.11. The topological polar surface area (TPSA) is 72.2 Å². The average molecular weight is 358 g/mol. The zero-order valence-corrected chi connectivity index (χ0v) is 14.8. The van der Waals surface area contributed by atoms with Gasteiger partial charge in [-0.2, -0.15) is 0 Å². The maximum atomic E-state index is 13.0. The molecule has 27 heavy (non-hydrogen) atoms. The summed E-state index contributed by atoms with van der Waals surface area (Å²) in [5.74, 6) is -0.276. The quantitative estimate of drug-likeness (QED) is 0.299. The Hall–Kier alpha value is -3.73. The molecule has 0 saturated heterocycles. The van der Waals surface area contributed by atoms with Crippen molar-refractivity contribution >= 4 is 28.9 Å². The molecule has 3 aromatic carbocycles. The summed E-state index contributed by atoms with van der Waals surface area (Å²) in [5.41, 5.74) is 3.38. The van der Waals surface area contributed by atoms with Crippen molar-refractivity contribution in [3.8, 4) is 0 Å². The van der Waals surface area contributed by atoms with Gasteiger partial charge in [-0.3, -0.25) is 14.9 Å². The highest BCUT2D eigenvalue weighted by Gasteiger charge is 2.15. The minimum atomic E-state index is -0.455. The van der Waals surface area contributed by atoms with Gasteiger partial charge in [0.2, 0.25) is 0 Å². The molecule has 134 valence electrons. The summed E-state index contributed by atoms with van der Waals surface area (Å²) in [4.78, 5) is 23.4. The lowest BCUT2D eigenvalue weighted by atomic mass is 10.0. The number of carbonyl (C=O) groups excluding carboxylic acids is 1. The maximum absolute atomic E-state index is 13.0. The van der Waals surface area contributed by atoms with Crippen LogP contribution in [0.25, 0.3) is 11.6 Å². The van der Waals surface area contributed by atoms with Crippen LogP contribution in [-0.4, -0.2) is 10.8 Å². The average Bonchev–Trinajstić information content (AvgIpc) is 2.69. The molecule has 0 saturated carbocycles. The van der Waals surface area contributed by atoms with E-state index >= 15 is 0 Å². The Kier molecular flexibility index (Phi) is 5.42. The zero-order valence-electron chi connectivity index (χ0n) is 14.8. The zero-order chi connectivity index (χ0) is 19.2. The first-order chi connectivity index (χ1) is 13.0. The van der Waals surface area contributed by atoms with Gasteiger partial charge in [0.1, 0.15) is 0 Å². The highest BCUT2D eigenvalue weighted by Crippen LogP contribution is 2.24. The molecule has 3 rings (SSSR count). The van der Waals surface area contributed by atoms with Crippen molar-refractivity contribution < 1.29 is 9.72 Å². The number of rotatable bonds is 5. The number of nitrogens with zero attached hydrogens (tertiary/aromatic N) is 1. The van der Waals surface area contributed by atoms with Crippen LogP contribution < -0.4 is 5.32 Å². The molecule has 0 fully saturated rings. The fourth-order valence-corrected chi connectivity index (χ4v) is 2.70. The van der Waals surface area contributed by atoms with Crippen molar-refractivity contribution in [2.75, 3.05) is 5.32 Å². The predicted molar refractivity (Wildman–Crippen MR) is 107 cm³/mol. The largest absolute Gasteiger partial charge is 0.322 e. The maximum Gasteiger partial charge on any atom is 0.269 e. The monoisotopic (exact) mass is 358 g/mol. The molecule has 0 spiro atoms. The lowest BCUT2D eigenvalue weighted by molar-refractivity contribution is -0.384. The number of nitrogens with one attached hydrogen (secondary N) is 1. The lowest BCUT2D eigenvalue weighted by Crippen LogP contribution is -2.14. The minimum absolute atomic E-state index is 0.00592. The Morgan fingerprint density at radius 2 is 1.59 bits per heavy atom. The van der Waals surface area contributed by atoms with Gasteiger partial charge < -0.3 is 5.32 Å². The smallest absolute Gasteiger partial charge is 0.269 e. The van der Waals surface area contributed by atoms with E-state index in [-0.39, 0.29) is 11.6 Å². The number of hydrogen-bond donors (Lipinski definition) is 1. The van der Waals surface area contributed by atoms with E-state index in [2.05, 4.69) is 5.32 Å². The van der Waals surface area contributed by atoms with E-state index in [0.29, 0.717) is 16.8 Å². The van der Waals surface area contributed by atoms with Crippen molar-refractivity contribution in [2.24, 2.45) is 0 Å². The van der Waals surface area contributed by atoms with Crippen molar-refractivity contribution in [3.63, 3.8) is 0 Å². The molecule has 0 aliphatic heterocycles. The summed E-state index contributed by atoms with van der Waals surface area (Å²) in [6.45, 7) is 1.73. The van der Waals surface area contributed by atoms with E-state index in [1.807, 2.05) is 66.7 Å². The highest BCUT2D eigenvalue weighted by atomic mass is 16.6. The lowest BCUT2D eigenvalue weighted by Gasteiger charge is -2.12. The van der Waals surface area contributed by atoms with Crippen molar-refractivity contribution in [1.29, 1.82) is 0 Å². The number of benzene rings is 3. The highest BCUT2D eigenvalue weighted by molar-refractivity contribution is 6.29. The third kappa shape index (κ3) is 4.46. The molecule has 0 bridgehead atoms. The Morgan fingerprint density at radius 1 is 0.963 bits per heavy atom. The van der Waals surface area contributed by atoms with Crippen molar-refractivity contribution in [1.82, 2.24) is 0 Å². The van der Waals surface area contributed by atoms with Crippen LogP contribution in [0.4, 0.5) is 11.4 Å². The van der Waals surface area contributed by atoms with Crippen LogP contribution in [0.3, 0.4) is 0 Å². The molecule has 0 atom stereocenters. The van der Waals surface area contributed by atoms with Gasteiger partial charge in [0.15, 0.2) is 0 Å². The second-order valence-electron chi connectivity index (χ2n) is 6.05.